The molecule has 0 spiro atoms. The Morgan fingerprint density at radius 3 is 1.13 bits per heavy atom. The molecule has 46 heteroatoms. The topological polar surface area (TPSA) is 623 Å². The SMILES string of the molecule is C.CC1(C)OC(=O)CC(=O)O1.CN(C)C(=O)OC(C)(C)C.CO.C[C@@H](NC(=O)OC(C)(C)C)C(=O)O.C[C@@H](NC(=O)OC(C)(C)C)C(=O)O.C[C@@H](NN)C(O)=C1C(=O)OC(C)(C)OC1=O.C[C@@H]1NC(=O)CC1=O.C[C@@H]1NCC[C@@H]1O.C[C@@H]1[C@H](O)CCN1C(=O)OC(C)(C)C.C[C@H]1C(=O)CC(=O)N1C(=O)OC(C)(C)C.C[C@H]1[C@@H](O)CC(=O)N1C(=O)OC(C)(C)C.[AlH3].[H-].[Li+]. The number of carbonyl (C=O) groups is 17. The van der Waals surface area contributed by atoms with Crippen LogP contribution >= 0.6 is 0 Å². The van der Waals surface area contributed by atoms with E-state index in [9.17, 15) is 96.8 Å². The molecule has 0 aliphatic carbocycles. The Morgan fingerprint density at radius 1 is 0.516 bits per heavy atom. The summed E-state index contributed by atoms with van der Waals surface area (Å²) in [5, 5.41) is 71.3. The summed E-state index contributed by atoms with van der Waals surface area (Å²) < 4.78 is 48.9. The number of nitrogens with two attached hydrogens (primary N) is 1. The van der Waals surface area contributed by atoms with Gasteiger partial charge in [-0.25, -0.2) is 48.2 Å². The number of esters is 4. The number of carboxylic acid groups (broad SMARTS) is 2. The fourth-order valence-corrected chi connectivity index (χ4v) is 9.13. The van der Waals surface area contributed by atoms with E-state index in [-0.39, 0.29) is 130 Å². The average Bonchev–Trinajstić information content (AvgIpc) is 1.21. The van der Waals surface area contributed by atoms with Gasteiger partial charge in [-0.2, -0.15) is 0 Å². The summed E-state index contributed by atoms with van der Waals surface area (Å²) in [7, 11) is 4.32. The molecule has 0 aromatic carbocycles. The average molecular weight is 1830 g/mol. The summed E-state index contributed by atoms with van der Waals surface area (Å²) in [4.78, 5) is 192. The smallest absolute Gasteiger partial charge is 1.00 e. The van der Waals surface area contributed by atoms with E-state index < -0.39 is 159 Å². The number of hydrogen-bond acceptors (Lipinski definition) is 35. The number of likely N-dealkylation sites (tertiary alicyclic amines) is 3. The van der Waals surface area contributed by atoms with Crippen molar-refractivity contribution in [3.05, 3.63) is 11.3 Å². The van der Waals surface area contributed by atoms with Gasteiger partial charge in [0.15, 0.2) is 34.5 Å². The van der Waals surface area contributed by atoms with Gasteiger partial charge < -0.3 is 116 Å². The summed E-state index contributed by atoms with van der Waals surface area (Å²) in [6, 6.07) is -3.90. The Kier molecular flexibility index (Phi) is 58.9. The van der Waals surface area contributed by atoms with Gasteiger partial charge in [-0.1, -0.05) is 7.43 Å². The molecule has 7 heterocycles. The van der Waals surface area contributed by atoms with E-state index in [4.69, 9.17) is 64.2 Å². The second-order valence-electron chi connectivity index (χ2n) is 35.3. The molecule has 7 fully saturated rings. The van der Waals surface area contributed by atoms with Crippen LogP contribution in [-0.4, -0.2) is 320 Å². The summed E-state index contributed by atoms with van der Waals surface area (Å²) in [6.45, 7) is 51.9. The first-order chi connectivity index (χ1) is 55.3. The number of alkyl carbamates (subject to hydrolysis) is 2. The molecule has 11 atom stereocenters. The van der Waals surface area contributed by atoms with Crippen LogP contribution in [-0.2, 0) is 100 Å². The predicted molar refractivity (Wildman–Crippen MR) is 456 cm³/mol. The van der Waals surface area contributed by atoms with Crippen molar-refractivity contribution in [3.8, 4) is 0 Å². The number of hydrogen-bond donors (Lipinski definition) is 13. The summed E-state index contributed by atoms with van der Waals surface area (Å²) in [5.41, 5.74) is -1.71. The number of amides is 9. The molecule has 0 aromatic rings. The first kappa shape index (κ1) is 130. The molecule has 7 aliphatic rings. The van der Waals surface area contributed by atoms with Gasteiger partial charge in [0.05, 0.1) is 67.8 Å². The molecule has 0 unspecified atom stereocenters. The number of aliphatic hydroxyl groups excluding tert-OH is 5. The van der Waals surface area contributed by atoms with Crippen LogP contribution in [0, 0.1) is 0 Å². The molecule has 7 aliphatic heterocycles. The van der Waals surface area contributed by atoms with E-state index in [1.165, 1.54) is 60.3 Å². The molecule has 0 saturated carbocycles. The molecular weight excluding hydrogens is 1680 g/mol. The third-order valence-electron chi connectivity index (χ3n) is 15.2. The van der Waals surface area contributed by atoms with Crippen molar-refractivity contribution < 1.29 is 185 Å². The van der Waals surface area contributed by atoms with E-state index in [1.807, 2.05) is 55.4 Å². The van der Waals surface area contributed by atoms with Crippen LogP contribution in [0.25, 0.3) is 0 Å². The van der Waals surface area contributed by atoms with E-state index in [2.05, 4.69) is 36.2 Å². The van der Waals surface area contributed by atoms with E-state index in [0.29, 0.717) is 19.0 Å². The van der Waals surface area contributed by atoms with Crippen molar-refractivity contribution in [2.75, 3.05) is 34.3 Å². The normalized spacial score (nSPS) is 21.3. The maximum Gasteiger partial charge on any atom is 1.00 e. The summed E-state index contributed by atoms with van der Waals surface area (Å²) in [6.07, 6.45) is -3.67. The van der Waals surface area contributed by atoms with E-state index >= 15 is 0 Å². The molecule has 0 radical (unpaired) electrons. The van der Waals surface area contributed by atoms with Crippen LogP contribution in [0.2, 0.25) is 0 Å². The van der Waals surface area contributed by atoms with Gasteiger partial charge in [-0.15, -0.1) is 0 Å². The molecule has 0 aromatic heterocycles. The number of aliphatic hydroxyl groups is 5. The zero-order valence-corrected chi connectivity index (χ0v) is 78.5. The Bertz CT molecular complexity index is 3530. The van der Waals surface area contributed by atoms with E-state index in [1.54, 1.807) is 116 Å². The second-order valence-corrected chi connectivity index (χ2v) is 35.3. The minimum atomic E-state index is -1.32. The fraction of sp³-hybridized carbons (Fsp3) is 0.762. The van der Waals surface area contributed by atoms with Gasteiger partial charge in [0.1, 0.15) is 57.9 Å². The number of aliphatic carboxylic acids is 2. The van der Waals surface area contributed by atoms with Gasteiger partial charge in [0.25, 0.3) is 11.6 Å². The quantitative estimate of drug-likeness (QED) is 0.0208. The number of cyclic esters (lactones) is 4. The van der Waals surface area contributed by atoms with Crippen LogP contribution in [0.5, 0.6) is 0 Å². The monoisotopic (exact) mass is 1830 g/mol. The zero-order chi connectivity index (χ0) is 97.9. The van der Waals surface area contributed by atoms with Crippen molar-refractivity contribution in [3.63, 3.8) is 0 Å². The number of Topliss-reactive ketones (excluding diaryl/α,β-unsaturated/α-hetero) is 2. The van der Waals surface area contributed by atoms with Crippen LogP contribution < -0.4 is 51.4 Å². The predicted octanol–water partition coefficient (Wildman–Crippen LogP) is 1.91. The van der Waals surface area contributed by atoms with Gasteiger partial charge >= 0.3 is 91.2 Å². The Morgan fingerprint density at radius 2 is 0.889 bits per heavy atom. The third kappa shape index (κ3) is 56.9. The van der Waals surface area contributed by atoms with Crippen molar-refractivity contribution in [2.24, 2.45) is 5.84 Å². The van der Waals surface area contributed by atoms with Crippen LogP contribution in [0.4, 0.5) is 28.8 Å². The minimum absolute atomic E-state index is 0. The van der Waals surface area contributed by atoms with Crippen molar-refractivity contribution in [1.82, 2.24) is 46.3 Å². The first-order valence-corrected chi connectivity index (χ1v) is 39.1. The number of ether oxygens (including phenoxy) is 10. The molecule has 14 N–H and O–H groups in total. The second kappa shape index (κ2) is 57.0. The largest absolute Gasteiger partial charge is 1.00 e. The minimum Gasteiger partial charge on any atom is -1.00 e. The standard InChI is InChI=1S/C10H17NO4.C10H15NO4.C10H19NO3.C9H14N2O5.2C8H15NO4.C7H15NO2.C6H8O4.C5H7NO2.C5H11NO.CH4O.CH4.Al.Li.4H/c2*1-6-7(12)5-8(13)11(6)9(14)15-10(2,3)4;1-7-8(12)5-6-11(7)9(13)14-10(2,3)4;1-4(11-10)6(12)5-7(13)15-9(2,3)16-8(5)14;2*1-5(6(10)11)9-7(12)13-8(2,3)4;1-7(2,3)10-6(9)8(4)5;1-6(2)9-4(7)3-5(8)10-6;1-3-4(7)2-5(8)6-3;1-4-5(7)2-3-6-4;1-2;;;;;;;/h6-7,12H,5H2,1-4H3;6H,5H2,1-4H3;7-8,12H,5-6H2,1-4H3;4,11-12H,10H2,1-3H3;2*5H,1-4H3,(H,9,12)(H,10,11);1-5H3;3H2,1-2H3;3H,2H2,1H3,(H,6,8);4-7H,2-3H2,1H3;2H,1H3;1H4;;;;;;/q;;;;;;;;;;;;;+1;;;;-1/t6-,7-;6-;7-,8-;4-;2*5-;;;3-;4-,5-;;;;;;;;/m001111..00......../s1. The van der Waals surface area contributed by atoms with Crippen LogP contribution in [0.1, 0.15) is 255 Å². The molecule has 726 valence electrons. The van der Waals surface area contributed by atoms with Crippen molar-refractivity contribution in [1.29, 1.82) is 0 Å². The number of imide groups is 2. The zero-order valence-electron chi connectivity index (χ0n) is 79.5. The van der Waals surface area contributed by atoms with Gasteiger partial charge in [0, 0.05) is 61.5 Å². The number of nitrogens with zero attached hydrogens (tertiary/aromatic N) is 4. The summed E-state index contributed by atoms with van der Waals surface area (Å²) >= 11 is 0. The Balaban J connectivity index is -0.000000207. The van der Waals surface area contributed by atoms with E-state index in [0.717, 1.165) is 29.9 Å². The third-order valence-corrected chi connectivity index (χ3v) is 15.2. The number of carboxylic acids is 2. The Labute approximate surface area is 763 Å². The molecule has 126 heavy (non-hydrogen) atoms. The van der Waals surface area contributed by atoms with Crippen LogP contribution in [0.15, 0.2) is 11.3 Å². The molecule has 7 saturated heterocycles. The molecule has 44 nitrogen and oxygen atoms in total. The molecule has 7 rings (SSSR count). The number of nitrogens with one attached hydrogen (secondary N) is 5. The number of hydrazine groups is 1. The van der Waals surface area contributed by atoms with Crippen LogP contribution in [0.3, 0.4) is 0 Å². The molecule has 0 bridgehead atoms. The Hall–Kier alpha value is -9.02. The number of rotatable bonds is 6. The number of carbonyl (C=O) groups excluding carboxylic acids is 15. The van der Waals surface area contributed by atoms with Crippen molar-refractivity contribution >= 4 is 119 Å². The fourth-order valence-electron chi connectivity index (χ4n) is 9.13. The molecule has 9 amide bonds. The molecular formula is C80H148AlLiN10O34. The van der Waals surface area contributed by atoms with Gasteiger partial charge in [-0.3, -0.25) is 54.4 Å². The maximum atomic E-state index is 11.6. The summed E-state index contributed by atoms with van der Waals surface area (Å²) in [5.74, 6) is -4.20. The first-order valence-electron chi connectivity index (χ1n) is 39.1. The number of ketones is 2. The van der Waals surface area contributed by atoms with Gasteiger partial charge in [0.2, 0.25) is 17.7 Å². The maximum absolute atomic E-state index is 11.6. The van der Waals surface area contributed by atoms with Gasteiger partial charge in [-0.05, 0) is 199 Å². The van der Waals surface area contributed by atoms with Crippen molar-refractivity contribution in [2.45, 2.75) is 365 Å².